The Morgan fingerprint density at radius 1 is 1.18 bits per heavy atom. The quantitative estimate of drug-likeness (QED) is 0.306. The van der Waals surface area contributed by atoms with Crippen molar-refractivity contribution in [2.75, 3.05) is 11.1 Å². The van der Waals surface area contributed by atoms with Crippen LogP contribution in [0.3, 0.4) is 0 Å². The minimum absolute atomic E-state index is 0.0142. The molecule has 3 N–H and O–H groups in total. The van der Waals surface area contributed by atoms with E-state index in [-0.39, 0.29) is 23.4 Å². The van der Waals surface area contributed by atoms with Crippen molar-refractivity contribution in [2.24, 2.45) is 14.1 Å². The van der Waals surface area contributed by atoms with Crippen LogP contribution in [0.1, 0.15) is 5.56 Å². The number of halogens is 1. The summed E-state index contributed by atoms with van der Waals surface area (Å²) in [6, 6.07) is 15.5. The number of nitrogens with one attached hydrogen (secondary N) is 1. The van der Waals surface area contributed by atoms with Crippen LogP contribution in [0.5, 0.6) is 11.6 Å². The minimum atomic E-state index is -0.596. The second kappa shape index (κ2) is 9.55. The summed E-state index contributed by atoms with van der Waals surface area (Å²) < 4.78 is 24.3. The molecule has 0 radical (unpaired) electrons. The lowest BCUT2D eigenvalue weighted by Gasteiger charge is -2.11. The van der Waals surface area contributed by atoms with E-state index in [1.54, 1.807) is 42.2 Å². The van der Waals surface area contributed by atoms with Gasteiger partial charge >= 0.3 is 0 Å². The first kappa shape index (κ1) is 24.3. The highest BCUT2D eigenvalue weighted by atomic mass is 19.1. The van der Waals surface area contributed by atoms with E-state index in [1.807, 2.05) is 23.7 Å². The third-order valence-electron chi connectivity index (χ3n) is 6.09. The zero-order valence-electron chi connectivity index (χ0n) is 20.6. The number of hydrogen-bond acceptors (Lipinski definition) is 6. The van der Waals surface area contributed by atoms with E-state index in [0.29, 0.717) is 39.0 Å². The summed E-state index contributed by atoms with van der Waals surface area (Å²) >= 11 is 0. The van der Waals surface area contributed by atoms with E-state index in [4.69, 9.17) is 10.5 Å². The zero-order chi connectivity index (χ0) is 27.0. The summed E-state index contributed by atoms with van der Waals surface area (Å²) in [5.74, 6) is -0.438. The van der Waals surface area contributed by atoms with Crippen molar-refractivity contribution in [3.8, 4) is 40.1 Å². The van der Waals surface area contributed by atoms with Gasteiger partial charge < -0.3 is 20.4 Å². The number of hydrogen-bond donors (Lipinski definition) is 2. The lowest BCUT2D eigenvalue weighted by molar-refractivity contribution is -0.111. The highest BCUT2D eigenvalue weighted by Crippen LogP contribution is 2.44. The molecular formula is C28H22FN7O2. The number of pyridine rings is 1. The number of ether oxygens (including phenoxy) is 1. The van der Waals surface area contributed by atoms with Gasteiger partial charge in [-0.1, -0.05) is 24.8 Å². The van der Waals surface area contributed by atoms with E-state index in [0.717, 1.165) is 5.56 Å². The third kappa shape index (κ3) is 4.22. The van der Waals surface area contributed by atoms with E-state index in [9.17, 15) is 10.1 Å². The molecule has 0 bridgehead atoms. The number of carbonyl (C=O) groups is 1. The number of amides is 1. The fraction of sp³-hybridized carbons (Fsp3) is 0.0714. The van der Waals surface area contributed by atoms with Crippen molar-refractivity contribution in [1.29, 1.82) is 5.26 Å². The van der Waals surface area contributed by atoms with E-state index in [2.05, 4.69) is 28.0 Å². The molecule has 9 nitrogen and oxygen atoms in total. The van der Waals surface area contributed by atoms with Gasteiger partial charge in [-0.15, -0.1) is 5.10 Å². The molecule has 3 aromatic heterocycles. The zero-order valence-corrected chi connectivity index (χ0v) is 20.6. The van der Waals surface area contributed by atoms with Crippen LogP contribution < -0.4 is 15.8 Å². The van der Waals surface area contributed by atoms with Crippen LogP contribution in [-0.2, 0) is 18.9 Å². The van der Waals surface area contributed by atoms with Gasteiger partial charge in [0.15, 0.2) is 11.6 Å². The fourth-order valence-electron chi connectivity index (χ4n) is 4.41. The number of fused-ring (bicyclic) bond motifs is 1. The monoisotopic (exact) mass is 507 g/mol. The Morgan fingerprint density at radius 2 is 1.92 bits per heavy atom. The van der Waals surface area contributed by atoms with Crippen molar-refractivity contribution >= 4 is 28.3 Å². The smallest absolute Gasteiger partial charge is 0.247 e. The van der Waals surface area contributed by atoms with E-state index >= 15 is 4.39 Å². The third-order valence-corrected chi connectivity index (χ3v) is 6.09. The maximum absolute atomic E-state index is 15.3. The molecule has 10 heteroatoms. The van der Waals surface area contributed by atoms with Crippen molar-refractivity contribution < 1.29 is 13.9 Å². The second-order valence-corrected chi connectivity index (χ2v) is 8.52. The predicted octanol–water partition coefficient (Wildman–Crippen LogP) is 5.15. The summed E-state index contributed by atoms with van der Waals surface area (Å²) in [6.45, 7) is 3.46. The van der Waals surface area contributed by atoms with Gasteiger partial charge in [-0.05, 0) is 41.5 Å². The minimum Gasteiger partial charge on any atom is -0.434 e. The van der Waals surface area contributed by atoms with Crippen LogP contribution in [0.2, 0.25) is 0 Å². The van der Waals surface area contributed by atoms with Crippen LogP contribution in [0.25, 0.3) is 33.3 Å². The molecular weight excluding hydrogens is 485 g/mol. The van der Waals surface area contributed by atoms with Gasteiger partial charge in [0.05, 0.1) is 22.2 Å². The number of rotatable bonds is 6. The van der Waals surface area contributed by atoms with Crippen molar-refractivity contribution in [3.05, 3.63) is 85.0 Å². The van der Waals surface area contributed by atoms with Crippen LogP contribution in [-0.4, -0.2) is 25.2 Å². The molecule has 0 spiro atoms. The summed E-state index contributed by atoms with van der Waals surface area (Å²) in [4.78, 5) is 15.9. The van der Waals surface area contributed by atoms with Gasteiger partial charge in [0.1, 0.15) is 11.9 Å². The first-order valence-corrected chi connectivity index (χ1v) is 11.5. The SMILES string of the molecule is C=CC(=O)Nc1ccc(-c2c(-c3ccc(Oc4ccn(C)n4)c(F)c3)c3c(N)ncc(C#N)c3n2C)cc1. The molecule has 0 fully saturated rings. The Labute approximate surface area is 217 Å². The van der Waals surface area contributed by atoms with Crippen molar-refractivity contribution in [3.63, 3.8) is 0 Å². The number of nitrogen functional groups attached to an aromatic ring is 1. The summed E-state index contributed by atoms with van der Waals surface area (Å²) in [6.07, 6.45) is 4.30. The number of benzene rings is 2. The number of aryl methyl sites for hydroxylation is 2. The fourth-order valence-corrected chi connectivity index (χ4v) is 4.41. The molecule has 0 saturated carbocycles. The van der Waals surface area contributed by atoms with Crippen LogP contribution in [0, 0.1) is 17.1 Å². The molecule has 1 amide bonds. The average Bonchev–Trinajstić information content (AvgIpc) is 3.46. The van der Waals surface area contributed by atoms with Gasteiger partial charge in [-0.2, -0.15) is 5.26 Å². The molecule has 5 aromatic rings. The molecule has 0 unspecified atom stereocenters. The van der Waals surface area contributed by atoms with Crippen molar-refractivity contribution in [2.45, 2.75) is 0 Å². The molecule has 0 saturated heterocycles. The summed E-state index contributed by atoms with van der Waals surface area (Å²) in [7, 11) is 3.55. The van der Waals surface area contributed by atoms with Crippen LogP contribution in [0.15, 0.2) is 73.6 Å². The van der Waals surface area contributed by atoms with Crippen LogP contribution >= 0.6 is 0 Å². The topological polar surface area (TPSA) is 124 Å². The van der Waals surface area contributed by atoms with Gasteiger partial charge in [0.2, 0.25) is 11.8 Å². The van der Waals surface area contributed by atoms with Crippen molar-refractivity contribution in [1.82, 2.24) is 19.3 Å². The predicted molar refractivity (Wildman–Crippen MR) is 143 cm³/mol. The normalized spacial score (nSPS) is 10.8. The molecule has 188 valence electrons. The second-order valence-electron chi connectivity index (χ2n) is 8.52. The number of nitrogens with zero attached hydrogens (tertiary/aromatic N) is 5. The maximum atomic E-state index is 15.3. The number of anilines is 2. The number of nitrogens with two attached hydrogens (primary N) is 1. The molecule has 0 aliphatic heterocycles. The molecule has 3 heterocycles. The summed E-state index contributed by atoms with van der Waals surface area (Å²) in [5, 5.41) is 17.2. The lowest BCUT2D eigenvalue weighted by Crippen LogP contribution is -2.06. The molecule has 0 atom stereocenters. The number of nitriles is 1. The first-order valence-electron chi connectivity index (χ1n) is 11.5. The highest BCUT2D eigenvalue weighted by Gasteiger charge is 2.24. The summed E-state index contributed by atoms with van der Waals surface area (Å²) in [5.41, 5.74) is 10.4. The molecule has 2 aromatic carbocycles. The Morgan fingerprint density at radius 3 is 2.55 bits per heavy atom. The number of aromatic nitrogens is 4. The molecule has 0 aliphatic carbocycles. The van der Waals surface area contributed by atoms with Crippen LogP contribution in [0.4, 0.5) is 15.9 Å². The highest BCUT2D eigenvalue weighted by molar-refractivity contribution is 6.10. The lowest BCUT2D eigenvalue weighted by atomic mass is 9.97. The Balaban J connectivity index is 1.70. The maximum Gasteiger partial charge on any atom is 0.247 e. The van der Waals surface area contributed by atoms with Gasteiger partial charge in [-0.25, -0.2) is 9.37 Å². The largest absolute Gasteiger partial charge is 0.434 e. The number of carbonyl (C=O) groups excluding carboxylic acids is 1. The Bertz CT molecular complexity index is 1760. The van der Waals surface area contributed by atoms with E-state index < -0.39 is 5.82 Å². The van der Waals surface area contributed by atoms with E-state index in [1.165, 1.54) is 24.4 Å². The average molecular weight is 508 g/mol. The van der Waals surface area contributed by atoms with Gasteiger partial charge in [-0.3, -0.25) is 9.48 Å². The van der Waals surface area contributed by atoms with Gasteiger partial charge in [0, 0.05) is 43.8 Å². The molecule has 38 heavy (non-hydrogen) atoms. The Kier molecular flexibility index (Phi) is 6.10. The van der Waals surface area contributed by atoms with Gasteiger partial charge in [0.25, 0.3) is 0 Å². The molecule has 0 aliphatic rings. The standard InChI is InChI=1S/C28H22FN7O2/c1-4-22(37)33-19-8-5-16(6-9-19)26-24(25-27(36(26)3)18(14-30)15-32-28(25)31)17-7-10-21(20(29)13-17)38-23-11-12-35(2)34-23/h4-13,15H,1H2,2-3H3,(H2,31,32)(H,33,37). The molecule has 5 rings (SSSR count). The first-order chi connectivity index (χ1) is 18.3. The Hall–Kier alpha value is -5.43.